The lowest BCUT2D eigenvalue weighted by molar-refractivity contribution is 0.102. The van der Waals surface area contributed by atoms with Gasteiger partial charge >= 0.3 is 0 Å². The van der Waals surface area contributed by atoms with Crippen LogP contribution in [-0.4, -0.2) is 16.1 Å². The second-order valence-corrected chi connectivity index (χ2v) is 5.89. The molecule has 0 bridgehead atoms. The molecular weight excluding hydrogens is 330 g/mol. The monoisotopic (exact) mass is 343 g/mol. The molecule has 0 atom stereocenters. The minimum absolute atomic E-state index is 0.132. The maximum Gasteiger partial charge on any atom is 0.255 e. The number of nitrogens with zero attached hydrogens (tertiary/aromatic N) is 1. The van der Waals surface area contributed by atoms with Gasteiger partial charge in [0.2, 0.25) is 0 Å². The molecule has 1 heterocycles. The lowest BCUT2D eigenvalue weighted by Crippen LogP contribution is -2.12. The number of amides is 1. The summed E-state index contributed by atoms with van der Waals surface area (Å²) in [5.74, 6) is -0.132. The Hall–Kier alpha value is -2.14. The molecule has 2 N–H and O–H groups in total. The van der Waals surface area contributed by atoms with Crippen molar-refractivity contribution in [1.29, 1.82) is 0 Å². The van der Waals surface area contributed by atoms with Gasteiger partial charge in [0.05, 0.1) is 17.1 Å². The summed E-state index contributed by atoms with van der Waals surface area (Å²) in [6.45, 7) is 3.74. The van der Waals surface area contributed by atoms with E-state index < -0.39 is 0 Å². The van der Waals surface area contributed by atoms with Crippen LogP contribution in [0.4, 0.5) is 5.69 Å². The number of carbonyl (C=O) groups excluding carboxylic acids is 1. The summed E-state index contributed by atoms with van der Waals surface area (Å²) < 4.78 is 1.02. The van der Waals surface area contributed by atoms with Crippen LogP contribution in [0.15, 0.2) is 40.9 Å². The van der Waals surface area contributed by atoms with Crippen LogP contribution in [-0.2, 0) is 0 Å². The van der Waals surface area contributed by atoms with Crippen LogP contribution < -0.4 is 5.32 Å². The van der Waals surface area contributed by atoms with Gasteiger partial charge in [0.15, 0.2) is 0 Å². The summed E-state index contributed by atoms with van der Waals surface area (Å²) in [6, 6.07) is 11.7. The zero-order chi connectivity index (χ0) is 15.0. The number of aryl methyl sites for hydroxylation is 2. The molecule has 0 fully saturated rings. The highest BCUT2D eigenvalue weighted by molar-refractivity contribution is 9.10. The molecule has 0 saturated heterocycles. The first-order valence-electron chi connectivity index (χ1n) is 6.57. The molecule has 0 radical (unpaired) electrons. The third-order valence-electron chi connectivity index (χ3n) is 3.43. The highest BCUT2D eigenvalue weighted by Crippen LogP contribution is 2.22. The Morgan fingerprint density at radius 3 is 2.57 bits per heavy atom. The molecule has 1 amide bonds. The first kappa shape index (κ1) is 13.8. The summed E-state index contributed by atoms with van der Waals surface area (Å²) in [7, 11) is 0. The number of fused-ring (bicyclic) bond motifs is 1. The molecule has 0 saturated carbocycles. The Kier molecular flexibility index (Phi) is 3.51. The first-order chi connectivity index (χ1) is 10.0. The van der Waals surface area contributed by atoms with Crippen LogP contribution in [0, 0.1) is 13.8 Å². The van der Waals surface area contributed by atoms with E-state index in [2.05, 4.69) is 31.4 Å². The minimum Gasteiger partial charge on any atom is -0.319 e. The molecule has 3 rings (SSSR count). The average Bonchev–Trinajstić information content (AvgIpc) is 2.78. The van der Waals surface area contributed by atoms with E-state index in [0.717, 1.165) is 32.3 Å². The SMILES string of the molecule is Cc1n[nH]c(C)c1NC(=O)c1ccc2cc(Br)ccc2c1. The Morgan fingerprint density at radius 2 is 1.86 bits per heavy atom. The predicted octanol–water partition coefficient (Wildman–Crippen LogP) is 4.19. The number of hydrogen-bond acceptors (Lipinski definition) is 2. The highest BCUT2D eigenvalue weighted by Gasteiger charge is 2.12. The van der Waals surface area contributed by atoms with Crippen molar-refractivity contribution < 1.29 is 4.79 Å². The van der Waals surface area contributed by atoms with Crippen molar-refractivity contribution in [3.8, 4) is 0 Å². The van der Waals surface area contributed by atoms with Crippen molar-refractivity contribution >= 4 is 38.3 Å². The summed E-state index contributed by atoms with van der Waals surface area (Å²) in [6.07, 6.45) is 0. The Bertz CT molecular complexity index is 819. The number of benzene rings is 2. The van der Waals surface area contributed by atoms with Gasteiger partial charge in [0.25, 0.3) is 5.91 Å². The van der Waals surface area contributed by atoms with Crippen molar-refractivity contribution in [2.75, 3.05) is 5.32 Å². The van der Waals surface area contributed by atoms with Crippen LogP contribution in [0.25, 0.3) is 10.8 Å². The van der Waals surface area contributed by atoms with Gasteiger partial charge in [-0.05, 0) is 48.9 Å². The predicted molar refractivity (Wildman–Crippen MR) is 87.7 cm³/mol. The number of nitrogens with one attached hydrogen (secondary N) is 2. The van der Waals surface area contributed by atoms with Gasteiger partial charge in [-0.1, -0.05) is 28.1 Å². The minimum atomic E-state index is -0.132. The normalized spacial score (nSPS) is 10.8. The molecule has 2 aromatic carbocycles. The van der Waals surface area contributed by atoms with Gasteiger partial charge in [0.1, 0.15) is 0 Å². The smallest absolute Gasteiger partial charge is 0.255 e. The van der Waals surface area contributed by atoms with Gasteiger partial charge < -0.3 is 5.32 Å². The van der Waals surface area contributed by atoms with E-state index >= 15 is 0 Å². The lowest BCUT2D eigenvalue weighted by Gasteiger charge is -2.07. The molecule has 106 valence electrons. The topological polar surface area (TPSA) is 57.8 Å². The number of aromatic nitrogens is 2. The summed E-state index contributed by atoms with van der Waals surface area (Å²) >= 11 is 3.45. The van der Waals surface area contributed by atoms with E-state index in [4.69, 9.17) is 0 Å². The molecule has 0 unspecified atom stereocenters. The molecule has 0 spiro atoms. The molecule has 1 aromatic heterocycles. The van der Waals surface area contributed by atoms with Crippen molar-refractivity contribution in [3.05, 3.63) is 57.8 Å². The second kappa shape index (κ2) is 5.33. The maximum absolute atomic E-state index is 12.4. The molecule has 5 heteroatoms. The lowest BCUT2D eigenvalue weighted by atomic mass is 10.1. The molecule has 3 aromatic rings. The van der Waals surface area contributed by atoms with E-state index in [0.29, 0.717) is 5.56 Å². The Balaban J connectivity index is 1.93. The van der Waals surface area contributed by atoms with E-state index in [1.54, 1.807) is 0 Å². The maximum atomic E-state index is 12.4. The zero-order valence-electron chi connectivity index (χ0n) is 11.7. The Labute approximate surface area is 130 Å². The average molecular weight is 344 g/mol. The standard InChI is InChI=1S/C16H14BrN3O/c1-9-15(10(2)20-19-9)18-16(21)13-4-3-12-8-14(17)6-5-11(12)7-13/h3-8H,1-2H3,(H,18,21)(H,19,20). The van der Waals surface area contributed by atoms with E-state index in [1.807, 2.05) is 50.2 Å². The van der Waals surface area contributed by atoms with Gasteiger partial charge in [0, 0.05) is 10.0 Å². The molecule has 0 aliphatic heterocycles. The van der Waals surface area contributed by atoms with Gasteiger partial charge in [-0.3, -0.25) is 9.89 Å². The van der Waals surface area contributed by atoms with Crippen molar-refractivity contribution in [2.45, 2.75) is 13.8 Å². The number of rotatable bonds is 2. The molecular formula is C16H14BrN3O. The molecule has 4 nitrogen and oxygen atoms in total. The van der Waals surface area contributed by atoms with Crippen molar-refractivity contribution in [1.82, 2.24) is 10.2 Å². The van der Waals surface area contributed by atoms with Gasteiger partial charge in [-0.2, -0.15) is 5.10 Å². The van der Waals surface area contributed by atoms with Crippen LogP contribution in [0.3, 0.4) is 0 Å². The van der Waals surface area contributed by atoms with Crippen molar-refractivity contribution in [3.63, 3.8) is 0 Å². The van der Waals surface area contributed by atoms with Crippen LogP contribution in [0.5, 0.6) is 0 Å². The summed E-state index contributed by atoms with van der Waals surface area (Å²) in [5, 5.41) is 12.0. The fourth-order valence-electron chi connectivity index (χ4n) is 2.28. The number of aromatic amines is 1. The first-order valence-corrected chi connectivity index (χ1v) is 7.36. The summed E-state index contributed by atoms with van der Waals surface area (Å²) in [4.78, 5) is 12.4. The number of H-pyrrole nitrogens is 1. The third kappa shape index (κ3) is 2.69. The fraction of sp³-hybridized carbons (Fsp3) is 0.125. The van der Waals surface area contributed by atoms with E-state index in [-0.39, 0.29) is 5.91 Å². The third-order valence-corrected chi connectivity index (χ3v) is 3.92. The van der Waals surface area contributed by atoms with Crippen LogP contribution in [0.1, 0.15) is 21.7 Å². The molecule has 0 aliphatic carbocycles. The van der Waals surface area contributed by atoms with Gasteiger partial charge in [-0.15, -0.1) is 0 Å². The number of carbonyl (C=O) groups is 1. The number of halogens is 1. The van der Waals surface area contributed by atoms with E-state index in [9.17, 15) is 4.79 Å². The summed E-state index contributed by atoms with van der Waals surface area (Å²) in [5.41, 5.74) is 3.01. The molecule has 0 aliphatic rings. The second-order valence-electron chi connectivity index (χ2n) is 4.97. The number of anilines is 1. The van der Waals surface area contributed by atoms with Crippen LogP contribution in [0.2, 0.25) is 0 Å². The number of hydrogen-bond donors (Lipinski definition) is 2. The molecule has 21 heavy (non-hydrogen) atoms. The van der Waals surface area contributed by atoms with E-state index in [1.165, 1.54) is 0 Å². The highest BCUT2D eigenvalue weighted by atomic mass is 79.9. The van der Waals surface area contributed by atoms with Crippen LogP contribution >= 0.6 is 15.9 Å². The fourth-order valence-corrected chi connectivity index (χ4v) is 2.66. The van der Waals surface area contributed by atoms with Crippen molar-refractivity contribution in [2.24, 2.45) is 0 Å². The van der Waals surface area contributed by atoms with Gasteiger partial charge in [-0.25, -0.2) is 0 Å². The quantitative estimate of drug-likeness (QED) is 0.732. The zero-order valence-corrected chi connectivity index (χ0v) is 13.3. The Morgan fingerprint density at radius 1 is 1.14 bits per heavy atom. The largest absolute Gasteiger partial charge is 0.319 e.